The Bertz CT molecular complexity index is 870. The molecule has 0 radical (unpaired) electrons. The number of aromatic nitrogens is 1. The van der Waals surface area contributed by atoms with Crippen molar-refractivity contribution in [2.75, 3.05) is 5.32 Å². The number of amides is 1. The smallest absolute Gasteiger partial charge is 0.266 e. The molecule has 134 valence electrons. The number of benzene rings is 1. The van der Waals surface area contributed by atoms with E-state index in [4.69, 9.17) is 11.6 Å². The molecule has 0 atom stereocenters. The van der Waals surface area contributed by atoms with Gasteiger partial charge in [0, 0.05) is 29.1 Å². The van der Waals surface area contributed by atoms with Crippen LogP contribution < -0.4 is 5.32 Å². The van der Waals surface area contributed by atoms with Crippen LogP contribution in [0.4, 0.5) is 5.69 Å². The van der Waals surface area contributed by atoms with E-state index < -0.39 is 5.91 Å². The Morgan fingerprint density at radius 2 is 2.08 bits per heavy atom. The molecule has 2 aromatic rings. The summed E-state index contributed by atoms with van der Waals surface area (Å²) in [6, 6.07) is 9.76. The highest BCUT2D eigenvalue weighted by molar-refractivity contribution is 6.31. The largest absolute Gasteiger partial charge is 0.351 e. The maximum atomic E-state index is 12.5. The molecule has 5 heteroatoms. The Balaban J connectivity index is 1.75. The summed E-state index contributed by atoms with van der Waals surface area (Å²) in [5.41, 5.74) is 2.45. The molecule has 1 aliphatic carbocycles. The third-order valence-electron chi connectivity index (χ3n) is 4.86. The molecule has 1 N–H and O–H groups in total. The van der Waals surface area contributed by atoms with E-state index in [0.717, 1.165) is 11.1 Å². The predicted octanol–water partition coefficient (Wildman–Crippen LogP) is 5.50. The van der Waals surface area contributed by atoms with Crippen LogP contribution in [0.1, 0.15) is 49.3 Å². The Morgan fingerprint density at radius 1 is 1.31 bits per heavy atom. The molecule has 0 bridgehead atoms. The van der Waals surface area contributed by atoms with Gasteiger partial charge in [-0.2, -0.15) is 5.26 Å². The zero-order valence-electron chi connectivity index (χ0n) is 14.8. The lowest BCUT2D eigenvalue weighted by Gasteiger charge is -2.23. The fourth-order valence-corrected chi connectivity index (χ4v) is 3.53. The van der Waals surface area contributed by atoms with Gasteiger partial charge in [0.05, 0.1) is 0 Å². The van der Waals surface area contributed by atoms with E-state index in [1.807, 2.05) is 37.5 Å². The van der Waals surface area contributed by atoms with Gasteiger partial charge in [0.1, 0.15) is 11.6 Å². The second-order valence-electron chi connectivity index (χ2n) is 6.77. The lowest BCUT2D eigenvalue weighted by atomic mass is 9.95. The molecule has 1 saturated carbocycles. The average Bonchev–Trinajstić information content (AvgIpc) is 3.12. The second-order valence-corrected chi connectivity index (χ2v) is 7.20. The van der Waals surface area contributed by atoms with Crippen molar-refractivity contribution in [1.82, 2.24) is 4.57 Å². The zero-order chi connectivity index (χ0) is 18.5. The molecule has 1 aromatic heterocycles. The van der Waals surface area contributed by atoms with Crippen LogP contribution in [-0.4, -0.2) is 10.5 Å². The van der Waals surface area contributed by atoms with Gasteiger partial charge < -0.3 is 9.88 Å². The van der Waals surface area contributed by atoms with Crippen LogP contribution in [0, 0.1) is 18.3 Å². The first-order valence-corrected chi connectivity index (χ1v) is 9.31. The molecule has 0 unspecified atom stereocenters. The first-order valence-electron chi connectivity index (χ1n) is 8.93. The molecule has 26 heavy (non-hydrogen) atoms. The topological polar surface area (TPSA) is 57.8 Å². The first kappa shape index (κ1) is 18.3. The number of carbonyl (C=O) groups is 1. The van der Waals surface area contributed by atoms with E-state index in [-0.39, 0.29) is 5.57 Å². The van der Waals surface area contributed by atoms with Crippen molar-refractivity contribution in [2.24, 2.45) is 0 Å². The Hall–Kier alpha value is -2.51. The normalized spacial score (nSPS) is 15.5. The van der Waals surface area contributed by atoms with Crippen LogP contribution in [0.2, 0.25) is 5.02 Å². The highest BCUT2D eigenvalue weighted by atomic mass is 35.5. The van der Waals surface area contributed by atoms with Gasteiger partial charge in [-0.15, -0.1) is 0 Å². The molecule has 4 nitrogen and oxygen atoms in total. The van der Waals surface area contributed by atoms with Gasteiger partial charge in [-0.25, -0.2) is 0 Å². The lowest BCUT2D eigenvalue weighted by molar-refractivity contribution is -0.112. The summed E-state index contributed by atoms with van der Waals surface area (Å²) in [4.78, 5) is 12.5. The van der Waals surface area contributed by atoms with E-state index >= 15 is 0 Å². The molecule has 1 heterocycles. The lowest BCUT2D eigenvalue weighted by Crippen LogP contribution is -2.14. The molecule has 0 spiro atoms. The van der Waals surface area contributed by atoms with Gasteiger partial charge in [0.25, 0.3) is 5.91 Å². The highest BCUT2D eigenvalue weighted by Gasteiger charge is 2.15. The van der Waals surface area contributed by atoms with Crippen LogP contribution in [-0.2, 0) is 4.79 Å². The number of nitrogens with zero attached hydrogens (tertiary/aromatic N) is 2. The van der Waals surface area contributed by atoms with Crippen molar-refractivity contribution in [3.05, 3.63) is 58.4 Å². The Morgan fingerprint density at radius 3 is 2.81 bits per heavy atom. The number of halogens is 1. The summed E-state index contributed by atoms with van der Waals surface area (Å²) < 4.78 is 2.21. The number of hydrogen-bond donors (Lipinski definition) is 1. The van der Waals surface area contributed by atoms with Gasteiger partial charge in [-0.3, -0.25) is 4.79 Å². The van der Waals surface area contributed by atoms with Gasteiger partial charge in [0.2, 0.25) is 0 Å². The monoisotopic (exact) mass is 367 g/mol. The first-order chi connectivity index (χ1) is 12.6. The van der Waals surface area contributed by atoms with E-state index in [0.29, 0.717) is 16.8 Å². The van der Waals surface area contributed by atoms with Crippen molar-refractivity contribution in [2.45, 2.75) is 45.1 Å². The van der Waals surface area contributed by atoms with Crippen LogP contribution in [0.3, 0.4) is 0 Å². The second kappa shape index (κ2) is 8.25. The van der Waals surface area contributed by atoms with Crippen LogP contribution >= 0.6 is 11.6 Å². The van der Waals surface area contributed by atoms with Crippen molar-refractivity contribution < 1.29 is 4.79 Å². The van der Waals surface area contributed by atoms with Crippen LogP contribution in [0.15, 0.2) is 42.2 Å². The molecular formula is C21H22ClN3O. The standard InChI is InChI=1S/C21H22ClN3O/c1-15-7-8-18(22)12-20(15)24-21(26)17(13-23)11-16-9-10-25(14-16)19-5-3-2-4-6-19/h7-12,14,19H,2-6H2,1H3,(H,24,26)/b17-11+. The van der Waals surface area contributed by atoms with Crippen molar-refractivity contribution in [1.29, 1.82) is 5.26 Å². The third-order valence-corrected chi connectivity index (χ3v) is 5.09. The quantitative estimate of drug-likeness (QED) is 0.572. The molecule has 3 rings (SSSR count). The molecule has 1 aliphatic rings. The number of nitriles is 1. The molecule has 0 aliphatic heterocycles. The molecule has 0 saturated heterocycles. The predicted molar refractivity (Wildman–Crippen MR) is 105 cm³/mol. The zero-order valence-corrected chi connectivity index (χ0v) is 15.6. The molecule has 1 aromatic carbocycles. The van der Waals surface area contributed by atoms with E-state index in [2.05, 4.69) is 9.88 Å². The summed E-state index contributed by atoms with van der Waals surface area (Å²) in [5, 5.41) is 12.7. The maximum Gasteiger partial charge on any atom is 0.266 e. The summed E-state index contributed by atoms with van der Waals surface area (Å²) >= 11 is 5.99. The molecule has 1 fully saturated rings. The summed E-state index contributed by atoms with van der Waals surface area (Å²) in [7, 11) is 0. The van der Waals surface area contributed by atoms with E-state index in [9.17, 15) is 10.1 Å². The van der Waals surface area contributed by atoms with Crippen molar-refractivity contribution in [3.63, 3.8) is 0 Å². The summed E-state index contributed by atoms with van der Waals surface area (Å²) in [6.07, 6.45) is 11.9. The number of aryl methyl sites for hydroxylation is 1. The van der Waals surface area contributed by atoms with Crippen molar-refractivity contribution >= 4 is 29.3 Å². The maximum absolute atomic E-state index is 12.5. The number of hydrogen-bond acceptors (Lipinski definition) is 2. The minimum Gasteiger partial charge on any atom is -0.351 e. The Kier molecular flexibility index (Phi) is 5.80. The summed E-state index contributed by atoms with van der Waals surface area (Å²) in [5.74, 6) is -0.428. The molecule has 1 amide bonds. The van der Waals surface area contributed by atoms with Gasteiger partial charge >= 0.3 is 0 Å². The SMILES string of the molecule is Cc1ccc(Cl)cc1NC(=O)/C(C#N)=C/c1ccn(C2CCCCC2)c1. The number of carbonyl (C=O) groups excluding carboxylic acids is 1. The number of nitrogens with one attached hydrogen (secondary N) is 1. The molecular weight excluding hydrogens is 346 g/mol. The Labute approximate surface area is 159 Å². The summed E-state index contributed by atoms with van der Waals surface area (Å²) in [6.45, 7) is 1.88. The minimum atomic E-state index is -0.428. The van der Waals surface area contributed by atoms with Crippen molar-refractivity contribution in [3.8, 4) is 6.07 Å². The third kappa shape index (κ3) is 4.36. The number of anilines is 1. The van der Waals surface area contributed by atoms with Crippen LogP contribution in [0.5, 0.6) is 0 Å². The average molecular weight is 368 g/mol. The van der Waals surface area contributed by atoms with Crippen LogP contribution in [0.25, 0.3) is 6.08 Å². The fraction of sp³-hybridized carbons (Fsp3) is 0.333. The minimum absolute atomic E-state index is 0.0748. The number of rotatable bonds is 4. The van der Waals surface area contributed by atoms with Gasteiger partial charge in [-0.05, 0) is 55.2 Å². The highest BCUT2D eigenvalue weighted by Crippen LogP contribution is 2.29. The van der Waals surface area contributed by atoms with E-state index in [1.54, 1.807) is 18.2 Å². The van der Waals surface area contributed by atoms with E-state index in [1.165, 1.54) is 32.1 Å². The fourth-order valence-electron chi connectivity index (χ4n) is 3.36. The van der Waals surface area contributed by atoms with Gasteiger partial charge in [-0.1, -0.05) is 36.9 Å². The van der Waals surface area contributed by atoms with Gasteiger partial charge in [0.15, 0.2) is 0 Å².